The van der Waals surface area contributed by atoms with Crippen LogP contribution in [0, 0.1) is 32.1 Å². The Bertz CT molecular complexity index is 1040. The van der Waals surface area contributed by atoms with Gasteiger partial charge in [0.05, 0.1) is 11.6 Å². The molecule has 6 heteroatoms. The van der Waals surface area contributed by atoms with E-state index in [1.165, 1.54) is 0 Å². The first-order valence-corrected chi connectivity index (χ1v) is 8.46. The van der Waals surface area contributed by atoms with Gasteiger partial charge in [-0.1, -0.05) is 12.1 Å². The molecule has 1 aromatic heterocycles. The van der Waals surface area contributed by atoms with Crippen molar-refractivity contribution in [3.05, 3.63) is 76.7 Å². The third-order valence-electron chi connectivity index (χ3n) is 4.00. The number of carbonyl (C=O) groups excluding carboxylic acids is 1. The Morgan fingerprint density at radius 2 is 1.74 bits per heavy atom. The summed E-state index contributed by atoms with van der Waals surface area (Å²) in [5.41, 5.74) is 4.55. The van der Waals surface area contributed by atoms with Gasteiger partial charge in [0.15, 0.2) is 0 Å². The minimum absolute atomic E-state index is 0.264. The van der Waals surface area contributed by atoms with Crippen molar-refractivity contribution in [2.24, 2.45) is 0 Å². The largest absolute Gasteiger partial charge is 0.340 e. The lowest BCUT2D eigenvalue weighted by Crippen LogP contribution is -2.15. The van der Waals surface area contributed by atoms with E-state index >= 15 is 0 Å². The molecule has 0 atom stereocenters. The average Bonchev–Trinajstić information content (AvgIpc) is 2.65. The number of nitrogens with one attached hydrogen (secondary N) is 2. The average molecular weight is 357 g/mol. The molecule has 0 spiro atoms. The van der Waals surface area contributed by atoms with Crippen molar-refractivity contribution in [3.8, 4) is 6.07 Å². The van der Waals surface area contributed by atoms with Gasteiger partial charge >= 0.3 is 0 Å². The molecule has 0 aliphatic heterocycles. The number of nitriles is 1. The number of anilines is 3. The number of aryl methyl sites for hydroxylation is 3. The summed E-state index contributed by atoms with van der Waals surface area (Å²) in [5, 5.41) is 14.9. The Hall–Kier alpha value is -3.72. The molecule has 6 nitrogen and oxygen atoms in total. The molecule has 0 fully saturated rings. The highest BCUT2D eigenvalue weighted by atomic mass is 16.1. The summed E-state index contributed by atoms with van der Waals surface area (Å²) in [6.45, 7) is 5.77. The van der Waals surface area contributed by atoms with Crippen LogP contribution in [-0.2, 0) is 0 Å². The van der Waals surface area contributed by atoms with Crippen molar-refractivity contribution in [2.45, 2.75) is 20.8 Å². The first-order chi connectivity index (χ1) is 12.9. The predicted octanol–water partition coefficient (Wildman–Crippen LogP) is 4.27. The zero-order chi connectivity index (χ0) is 19.4. The van der Waals surface area contributed by atoms with Crippen LogP contribution in [0.3, 0.4) is 0 Å². The van der Waals surface area contributed by atoms with E-state index in [2.05, 4.69) is 20.6 Å². The Kier molecular flexibility index (Phi) is 5.13. The van der Waals surface area contributed by atoms with Crippen LogP contribution >= 0.6 is 0 Å². The van der Waals surface area contributed by atoms with Gasteiger partial charge in [-0.05, 0) is 62.2 Å². The summed E-state index contributed by atoms with van der Waals surface area (Å²) < 4.78 is 0. The molecule has 0 unspecified atom stereocenters. The highest BCUT2D eigenvalue weighted by Crippen LogP contribution is 2.21. The highest BCUT2D eigenvalue weighted by Gasteiger charge is 2.12. The molecule has 134 valence electrons. The summed E-state index contributed by atoms with van der Waals surface area (Å²) in [4.78, 5) is 21.2. The number of rotatable bonds is 4. The Morgan fingerprint density at radius 3 is 2.44 bits per heavy atom. The van der Waals surface area contributed by atoms with Crippen molar-refractivity contribution in [1.82, 2.24) is 9.97 Å². The van der Waals surface area contributed by atoms with Crippen LogP contribution in [-0.4, -0.2) is 15.9 Å². The molecule has 0 aliphatic carbocycles. The number of carbonyl (C=O) groups is 1. The van der Waals surface area contributed by atoms with Gasteiger partial charge in [-0.25, -0.2) is 9.97 Å². The number of amides is 1. The van der Waals surface area contributed by atoms with E-state index in [9.17, 15) is 4.79 Å². The number of nitrogens with zero attached hydrogens (tertiary/aromatic N) is 3. The van der Waals surface area contributed by atoms with Crippen molar-refractivity contribution in [3.63, 3.8) is 0 Å². The van der Waals surface area contributed by atoms with Gasteiger partial charge in [0, 0.05) is 17.4 Å². The topological polar surface area (TPSA) is 90.7 Å². The molecule has 3 aromatic rings. The lowest BCUT2D eigenvalue weighted by molar-refractivity contribution is 0.102. The van der Waals surface area contributed by atoms with E-state index in [1.54, 1.807) is 37.3 Å². The van der Waals surface area contributed by atoms with E-state index in [-0.39, 0.29) is 11.6 Å². The predicted molar refractivity (Wildman–Crippen MR) is 105 cm³/mol. The van der Waals surface area contributed by atoms with Gasteiger partial charge in [0.25, 0.3) is 5.91 Å². The molecule has 0 aliphatic rings. The van der Waals surface area contributed by atoms with Gasteiger partial charge in [0.2, 0.25) is 0 Å². The Balaban J connectivity index is 1.82. The maximum absolute atomic E-state index is 12.6. The number of hydrogen-bond acceptors (Lipinski definition) is 5. The van der Waals surface area contributed by atoms with Gasteiger partial charge in [-0.2, -0.15) is 5.26 Å². The van der Waals surface area contributed by atoms with Crippen LogP contribution in [0.25, 0.3) is 0 Å². The summed E-state index contributed by atoms with van der Waals surface area (Å²) in [5.74, 6) is 0.714. The van der Waals surface area contributed by atoms with Gasteiger partial charge in [0.1, 0.15) is 17.3 Å². The molecule has 0 saturated heterocycles. The quantitative estimate of drug-likeness (QED) is 0.728. The number of hydrogen-bond donors (Lipinski definition) is 2. The molecule has 3 rings (SSSR count). The standard InChI is InChI=1S/C21H19N5O/c1-13-4-5-14(2)18(10-13)26-20-11-19(23-15(3)24-20)21(27)25-17-8-6-16(12-22)7-9-17/h4-11H,1-3H3,(H,25,27)(H,23,24,26). The third kappa shape index (κ3) is 4.47. The van der Waals surface area contributed by atoms with Gasteiger partial charge < -0.3 is 10.6 Å². The minimum Gasteiger partial charge on any atom is -0.340 e. The molecule has 27 heavy (non-hydrogen) atoms. The molecule has 0 radical (unpaired) electrons. The Morgan fingerprint density at radius 1 is 1.00 bits per heavy atom. The summed E-state index contributed by atoms with van der Waals surface area (Å²) in [6.07, 6.45) is 0. The van der Waals surface area contributed by atoms with Crippen LogP contribution in [0.4, 0.5) is 17.2 Å². The number of aromatic nitrogens is 2. The van der Waals surface area contributed by atoms with E-state index in [0.29, 0.717) is 22.9 Å². The summed E-state index contributed by atoms with van der Waals surface area (Å²) >= 11 is 0. The first-order valence-electron chi connectivity index (χ1n) is 8.46. The smallest absolute Gasteiger partial charge is 0.274 e. The lowest BCUT2D eigenvalue weighted by atomic mass is 10.1. The summed E-state index contributed by atoms with van der Waals surface area (Å²) in [7, 11) is 0. The van der Waals surface area contributed by atoms with E-state index in [4.69, 9.17) is 5.26 Å². The van der Waals surface area contributed by atoms with Crippen LogP contribution in [0.15, 0.2) is 48.5 Å². The monoisotopic (exact) mass is 357 g/mol. The van der Waals surface area contributed by atoms with E-state index < -0.39 is 0 Å². The lowest BCUT2D eigenvalue weighted by Gasteiger charge is -2.12. The van der Waals surface area contributed by atoms with Crippen molar-refractivity contribution in [2.75, 3.05) is 10.6 Å². The van der Waals surface area contributed by atoms with Gasteiger partial charge in [-0.3, -0.25) is 4.79 Å². The van der Waals surface area contributed by atoms with Crippen molar-refractivity contribution >= 4 is 23.1 Å². The molecule has 2 N–H and O–H groups in total. The van der Waals surface area contributed by atoms with Crippen LogP contribution in [0.1, 0.15) is 33.0 Å². The molecular formula is C21H19N5O. The second-order valence-corrected chi connectivity index (χ2v) is 6.27. The fourth-order valence-corrected chi connectivity index (χ4v) is 2.58. The third-order valence-corrected chi connectivity index (χ3v) is 4.00. The number of benzene rings is 2. The normalized spacial score (nSPS) is 10.1. The summed E-state index contributed by atoms with van der Waals surface area (Å²) in [6, 6.07) is 16.4. The van der Waals surface area contributed by atoms with Crippen LogP contribution in [0.2, 0.25) is 0 Å². The van der Waals surface area contributed by atoms with E-state index in [0.717, 1.165) is 16.8 Å². The molecule has 1 amide bonds. The second kappa shape index (κ2) is 7.67. The van der Waals surface area contributed by atoms with Crippen molar-refractivity contribution in [1.29, 1.82) is 5.26 Å². The highest BCUT2D eigenvalue weighted by molar-refractivity contribution is 6.03. The molecule has 2 aromatic carbocycles. The minimum atomic E-state index is -0.339. The fourth-order valence-electron chi connectivity index (χ4n) is 2.58. The molecule has 0 bridgehead atoms. The van der Waals surface area contributed by atoms with Gasteiger partial charge in [-0.15, -0.1) is 0 Å². The van der Waals surface area contributed by atoms with Crippen LogP contribution in [0.5, 0.6) is 0 Å². The fraction of sp³-hybridized carbons (Fsp3) is 0.143. The zero-order valence-electron chi connectivity index (χ0n) is 15.4. The zero-order valence-corrected chi connectivity index (χ0v) is 15.4. The van der Waals surface area contributed by atoms with E-state index in [1.807, 2.05) is 38.1 Å². The molecular weight excluding hydrogens is 338 g/mol. The maximum Gasteiger partial charge on any atom is 0.274 e. The maximum atomic E-state index is 12.6. The second-order valence-electron chi connectivity index (χ2n) is 6.27. The molecule has 1 heterocycles. The SMILES string of the molecule is Cc1ccc(C)c(Nc2cc(C(=O)Nc3ccc(C#N)cc3)nc(C)n2)c1. The van der Waals surface area contributed by atoms with Crippen molar-refractivity contribution < 1.29 is 4.79 Å². The Labute approximate surface area is 157 Å². The van der Waals surface area contributed by atoms with Crippen LogP contribution < -0.4 is 10.6 Å². The first kappa shape index (κ1) is 18.1. The molecule has 0 saturated carbocycles.